The van der Waals surface area contributed by atoms with Gasteiger partial charge in [0.2, 0.25) is 0 Å². The van der Waals surface area contributed by atoms with Crippen molar-refractivity contribution >= 4 is 5.84 Å². The molecule has 6 heteroatoms. The number of aromatic nitrogens is 1. The summed E-state index contributed by atoms with van der Waals surface area (Å²) in [6.45, 7) is 4.64. The van der Waals surface area contributed by atoms with E-state index in [1.807, 2.05) is 12.1 Å². The van der Waals surface area contributed by atoms with E-state index in [0.717, 1.165) is 31.7 Å². The first kappa shape index (κ1) is 13.8. The third-order valence-electron chi connectivity index (χ3n) is 3.46. The highest BCUT2D eigenvalue weighted by molar-refractivity contribution is 5.95. The lowest BCUT2D eigenvalue weighted by atomic mass is 10.0. The van der Waals surface area contributed by atoms with Gasteiger partial charge >= 0.3 is 0 Å². The minimum absolute atomic E-state index is 0.0275. The number of ether oxygens (including phenoxy) is 1. The zero-order valence-electron chi connectivity index (χ0n) is 11.0. The van der Waals surface area contributed by atoms with Crippen LogP contribution in [0.1, 0.15) is 24.6 Å². The molecule has 2 unspecified atom stereocenters. The normalized spacial score (nSPS) is 23.7. The van der Waals surface area contributed by atoms with Crippen LogP contribution in [0.5, 0.6) is 0 Å². The first-order valence-electron chi connectivity index (χ1n) is 6.46. The van der Waals surface area contributed by atoms with E-state index in [4.69, 9.17) is 15.7 Å². The summed E-state index contributed by atoms with van der Waals surface area (Å²) in [6.07, 6.45) is 3.10. The van der Waals surface area contributed by atoms with E-state index >= 15 is 0 Å². The molecule has 2 heterocycles. The Labute approximate surface area is 112 Å². The summed E-state index contributed by atoms with van der Waals surface area (Å²) in [4.78, 5) is 4.04. The van der Waals surface area contributed by atoms with Gasteiger partial charge in [0.25, 0.3) is 0 Å². The Morgan fingerprint density at radius 2 is 2.53 bits per heavy atom. The van der Waals surface area contributed by atoms with Crippen molar-refractivity contribution in [2.45, 2.75) is 26.0 Å². The maximum Gasteiger partial charge on any atom is 0.188 e. The van der Waals surface area contributed by atoms with Crippen molar-refractivity contribution in [1.29, 1.82) is 0 Å². The molecule has 6 nitrogen and oxygen atoms in total. The van der Waals surface area contributed by atoms with E-state index < -0.39 is 0 Å². The third-order valence-corrected chi connectivity index (χ3v) is 3.46. The maximum absolute atomic E-state index is 8.62. The fourth-order valence-corrected chi connectivity index (χ4v) is 2.22. The number of nitrogens with zero attached hydrogens (tertiary/aromatic N) is 2. The topological polar surface area (TPSA) is 92.8 Å². The fourth-order valence-electron chi connectivity index (χ4n) is 2.22. The molecule has 2 atom stereocenters. The fraction of sp³-hybridized carbons (Fsp3) is 0.538. The smallest absolute Gasteiger partial charge is 0.188 e. The molecule has 1 aliphatic rings. The van der Waals surface area contributed by atoms with Crippen LogP contribution in [-0.2, 0) is 11.3 Å². The number of nitrogens with two attached hydrogens (primary N) is 1. The summed E-state index contributed by atoms with van der Waals surface area (Å²) >= 11 is 0. The Balaban J connectivity index is 1.86. The number of rotatable bonds is 5. The van der Waals surface area contributed by atoms with E-state index in [2.05, 4.69) is 22.4 Å². The lowest BCUT2D eigenvalue weighted by Gasteiger charge is -2.14. The quantitative estimate of drug-likeness (QED) is 0.315. The molecule has 0 saturated carbocycles. The monoisotopic (exact) mass is 264 g/mol. The number of hydrogen-bond acceptors (Lipinski definition) is 5. The van der Waals surface area contributed by atoms with Gasteiger partial charge in [0.05, 0.1) is 6.10 Å². The molecule has 0 amide bonds. The highest BCUT2D eigenvalue weighted by Gasteiger charge is 2.23. The van der Waals surface area contributed by atoms with E-state index in [9.17, 15) is 0 Å². The summed E-state index contributed by atoms with van der Waals surface area (Å²) in [6, 6.07) is 3.73. The number of nitrogens with one attached hydrogen (secondary N) is 1. The highest BCUT2D eigenvalue weighted by Crippen LogP contribution is 2.19. The van der Waals surface area contributed by atoms with Gasteiger partial charge in [-0.1, -0.05) is 5.16 Å². The lowest BCUT2D eigenvalue weighted by Crippen LogP contribution is -2.26. The van der Waals surface area contributed by atoms with Gasteiger partial charge in [0.1, 0.15) is 5.69 Å². The molecule has 104 valence electrons. The summed E-state index contributed by atoms with van der Waals surface area (Å²) in [5.41, 5.74) is 7.05. The van der Waals surface area contributed by atoms with Gasteiger partial charge in [-0.2, -0.15) is 0 Å². The summed E-state index contributed by atoms with van der Waals surface area (Å²) in [5.74, 6) is 0.602. The number of oxime groups is 1. The molecule has 1 aliphatic heterocycles. The number of hydrogen-bond donors (Lipinski definition) is 3. The third kappa shape index (κ3) is 3.65. The number of pyridine rings is 1. The Kier molecular flexibility index (Phi) is 4.70. The van der Waals surface area contributed by atoms with Gasteiger partial charge < -0.3 is 21.0 Å². The molecule has 0 radical (unpaired) electrons. The van der Waals surface area contributed by atoms with Gasteiger partial charge in [0.15, 0.2) is 5.84 Å². The van der Waals surface area contributed by atoms with Gasteiger partial charge in [0, 0.05) is 25.9 Å². The molecular weight excluding hydrogens is 244 g/mol. The van der Waals surface area contributed by atoms with Crippen molar-refractivity contribution in [3.8, 4) is 0 Å². The molecule has 2 rings (SSSR count). The van der Waals surface area contributed by atoms with Gasteiger partial charge in [-0.25, -0.2) is 0 Å². The molecule has 0 bridgehead atoms. The average molecular weight is 264 g/mol. The Morgan fingerprint density at radius 3 is 3.21 bits per heavy atom. The van der Waals surface area contributed by atoms with Gasteiger partial charge in [-0.15, -0.1) is 0 Å². The van der Waals surface area contributed by atoms with Gasteiger partial charge in [-0.3, -0.25) is 4.98 Å². The van der Waals surface area contributed by atoms with Crippen molar-refractivity contribution in [2.24, 2.45) is 16.8 Å². The average Bonchev–Trinajstić information content (AvgIpc) is 2.84. The molecule has 1 aromatic rings. The van der Waals surface area contributed by atoms with Crippen LogP contribution in [0.3, 0.4) is 0 Å². The van der Waals surface area contributed by atoms with Crippen LogP contribution in [0.15, 0.2) is 23.5 Å². The zero-order valence-corrected chi connectivity index (χ0v) is 11.0. The van der Waals surface area contributed by atoms with Crippen LogP contribution in [0.4, 0.5) is 0 Å². The summed E-state index contributed by atoms with van der Waals surface area (Å²) in [5, 5.41) is 15.0. The van der Waals surface area contributed by atoms with Crippen molar-refractivity contribution in [3.63, 3.8) is 0 Å². The summed E-state index contributed by atoms with van der Waals surface area (Å²) in [7, 11) is 0. The molecule has 0 aromatic carbocycles. The van der Waals surface area contributed by atoms with E-state index in [0.29, 0.717) is 17.7 Å². The minimum atomic E-state index is 0.0275. The highest BCUT2D eigenvalue weighted by atomic mass is 16.5. The molecule has 19 heavy (non-hydrogen) atoms. The molecular formula is C13H20N4O2. The molecule has 1 saturated heterocycles. The van der Waals surface area contributed by atoms with Crippen LogP contribution in [0.2, 0.25) is 0 Å². The zero-order chi connectivity index (χ0) is 13.7. The van der Waals surface area contributed by atoms with Crippen molar-refractivity contribution in [2.75, 3.05) is 13.2 Å². The Hall–Kier alpha value is -1.66. The number of amidine groups is 1. The van der Waals surface area contributed by atoms with E-state index in [1.54, 1.807) is 6.20 Å². The van der Waals surface area contributed by atoms with Gasteiger partial charge in [-0.05, 0) is 37.0 Å². The lowest BCUT2D eigenvalue weighted by molar-refractivity contribution is 0.105. The SMILES string of the molecule is CC1OCCC1CNCc1ccnc(/C(N)=N/O)c1. The summed E-state index contributed by atoms with van der Waals surface area (Å²) < 4.78 is 5.52. The van der Waals surface area contributed by atoms with Crippen molar-refractivity contribution < 1.29 is 9.94 Å². The molecule has 4 N–H and O–H groups in total. The second-order valence-corrected chi connectivity index (χ2v) is 4.79. The van der Waals surface area contributed by atoms with Crippen LogP contribution in [0.25, 0.3) is 0 Å². The molecule has 0 aliphatic carbocycles. The first-order valence-corrected chi connectivity index (χ1v) is 6.46. The van der Waals surface area contributed by atoms with Crippen LogP contribution in [-0.4, -0.2) is 35.3 Å². The van der Waals surface area contributed by atoms with E-state index in [1.165, 1.54) is 0 Å². The maximum atomic E-state index is 8.62. The van der Waals surface area contributed by atoms with Crippen LogP contribution >= 0.6 is 0 Å². The standard InChI is InChI=1S/C13H20N4O2/c1-9-11(3-5-19-9)8-15-7-10-2-4-16-12(6-10)13(14)17-18/h2,4,6,9,11,15,18H,3,5,7-8H2,1H3,(H2,14,17). The van der Waals surface area contributed by atoms with Crippen LogP contribution < -0.4 is 11.1 Å². The second kappa shape index (κ2) is 6.49. The van der Waals surface area contributed by atoms with Crippen molar-refractivity contribution in [3.05, 3.63) is 29.6 Å². The predicted octanol–water partition coefficient (Wildman–Crippen LogP) is 0.691. The van der Waals surface area contributed by atoms with Crippen molar-refractivity contribution in [1.82, 2.24) is 10.3 Å². The van der Waals surface area contributed by atoms with Crippen LogP contribution in [0, 0.1) is 5.92 Å². The van der Waals surface area contributed by atoms with E-state index in [-0.39, 0.29) is 5.84 Å². The predicted molar refractivity (Wildman–Crippen MR) is 72.0 cm³/mol. The largest absolute Gasteiger partial charge is 0.409 e. The second-order valence-electron chi connectivity index (χ2n) is 4.79. The first-order chi connectivity index (χ1) is 9.20. The molecule has 0 spiro atoms. The Bertz CT molecular complexity index is 450. The minimum Gasteiger partial charge on any atom is -0.409 e. The Morgan fingerprint density at radius 1 is 1.68 bits per heavy atom. The molecule has 1 aromatic heterocycles. The molecule has 1 fully saturated rings.